The lowest BCUT2D eigenvalue weighted by atomic mass is 10.2. The van der Waals surface area contributed by atoms with Gasteiger partial charge in [-0.15, -0.1) is 10.2 Å². The molecule has 1 aromatic carbocycles. The van der Waals surface area contributed by atoms with E-state index in [1.807, 2.05) is 12.3 Å². The molecule has 0 spiro atoms. The number of aromatic nitrogens is 3. The van der Waals surface area contributed by atoms with Crippen molar-refractivity contribution < 1.29 is 4.39 Å². The second-order valence-electron chi connectivity index (χ2n) is 3.58. The average Bonchev–Trinajstić information content (AvgIpc) is 2.75. The van der Waals surface area contributed by atoms with Crippen molar-refractivity contribution >= 4 is 17.2 Å². The molecule has 0 saturated heterocycles. The van der Waals surface area contributed by atoms with E-state index in [1.54, 1.807) is 22.6 Å². The highest BCUT2D eigenvalue weighted by Crippen LogP contribution is 2.22. The highest BCUT2D eigenvalue weighted by atomic mass is 35.5. The van der Waals surface area contributed by atoms with Crippen molar-refractivity contribution in [2.24, 2.45) is 0 Å². The van der Waals surface area contributed by atoms with E-state index in [-0.39, 0.29) is 5.82 Å². The van der Waals surface area contributed by atoms with Crippen LogP contribution in [0.4, 0.5) is 4.39 Å². The molecule has 3 rings (SSSR count). The van der Waals surface area contributed by atoms with Crippen molar-refractivity contribution in [3.05, 3.63) is 53.4 Å². The lowest BCUT2D eigenvalue weighted by molar-refractivity contribution is 0.628. The zero-order valence-corrected chi connectivity index (χ0v) is 9.39. The van der Waals surface area contributed by atoms with Crippen molar-refractivity contribution in [2.45, 2.75) is 0 Å². The molecule has 0 bridgehead atoms. The normalized spacial score (nSPS) is 10.9. The lowest BCUT2D eigenvalue weighted by Gasteiger charge is -2.00. The highest BCUT2D eigenvalue weighted by Gasteiger charge is 2.09. The van der Waals surface area contributed by atoms with Crippen molar-refractivity contribution in [2.75, 3.05) is 0 Å². The first-order chi connectivity index (χ1) is 8.25. The molecule has 0 fully saturated rings. The van der Waals surface area contributed by atoms with Crippen LogP contribution in [-0.2, 0) is 0 Å². The zero-order chi connectivity index (χ0) is 11.8. The maximum absolute atomic E-state index is 12.8. The molecular weight excluding hydrogens is 241 g/mol. The number of nitrogens with zero attached hydrogens (tertiary/aromatic N) is 3. The van der Waals surface area contributed by atoms with Crippen LogP contribution in [0.25, 0.3) is 17.0 Å². The number of halogens is 2. The number of hydrogen-bond donors (Lipinski definition) is 0. The standard InChI is InChI=1S/C12H7ClFN3/c13-10-2-1-7-17-11(15-16-12(10)17)8-3-5-9(14)6-4-8/h1-7H. The molecule has 2 aromatic heterocycles. The Labute approximate surface area is 101 Å². The van der Waals surface area contributed by atoms with Gasteiger partial charge in [0.2, 0.25) is 0 Å². The summed E-state index contributed by atoms with van der Waals surface area (Å²) in [6, 6.07) is 9.66. The maximum Gasteiger partial charge on any atom is 0.179 e. The summed E-state index contributed by atoms with van der Waals surface area (Å²) in [5.74, 6) is 0.364. The van der Waals surface area contributed by atoms with Crippen LogP contribution >= 0.6 is 11.6 Å². The summed E-state index contributed by atoms with van der Waals surface area (Å²) in [7, 11) is 0. The molecule has 0 unspecified atom stereocenters. The second-order valence-corrected chi connectivity index (χ2v) is 3.99. The minimum absolute atomic E-state index is 0.277. The summed E-state index contributed by atoms with van der Waals surface area (Å²) < 4.78 is 14.6. The van der Waals surface area contributed by atoms with Crippen LogP contribution in [0.15, 0.2) is 42.6 Å². The van der Waals surface area contributed by atoms with Crippen LogP contribution in [0.3, 0.4) is 0 Å². The van der Waals surface area contributed by atoms with Crippen molar-refractivity contribution in [3.8, 4) is 11.4 Å². The topological polar surface area (TPSA) is 30.2 Å². The van der Waals surface area contributed by atoms with Crippen LogP contribution in [0.5, 0.6) is 0 Å². The fourth-order valence-electron chi connectivity index (χ4n) is 1.68. The quantitative estimate of drug-likeness (QED) is 0.661. The molecule has 17 heavy (non-hydrogen) atoms. The smallest absolute Gasteiger partial charge is 0.179 e. The van der Waals surface area contributed by atoms with E-state index < -0.39 is 0 Å². The maximum atomic E-state index is 12.8. The molecule has 0 radical (unpaired) electrons. The van der Waals surface area contributed by atoms with Crippen LogP contribution in [0.2, 0.25) is 5.02 Å². The van der Waals surface area contributed by atoms with E-state index >= 15 is 0 Å². The molecule has 3 aromatic rings. The van der Waals surface area contributed by atoms with Gasteiger partial charge in [-0.05, 0) is 36.4 Å². The van der Waals surface area contributed by atoms with Crippen LogP contribution in [-0.4, -0.2) is 14.6 Å². The Bertz CT molecular complexity index is 676. The fourth-order valence-corrected chi connectivity index (χ4v) is 1.88. The van der Waals surface area contributed by atoms with Gasteiger partial charge in [0, 0.05) is 11.8 Å². The molecule has 0 aliphatic heterocycles. The highest BCUT2D eigenvalue weighted by molar-refractivity contribution is 6.33. The van der Waals surface area contributed by atoms with Crippen LogP contribution in [0.1, 0.15) is 0 Å². The van der Waals surface area contributed by atoms with Gasteiger partial charge >= 0.3 is 0 Å². The van der Waals surface area contributed by atoms with Gasteiger partial charge in [0.25, 0.3) is 0 Å². The number of rotatable bonds is 1. The van der Waals surface area contributed by atoms with Gasteiger partial charge in [-0.3, -0.25) is 4.40 Å². The zero-order valence-electron chi connectivity index (χ0n) is 8.64. The molecular formula is C12H7ClFN3. The van der Waals surface area contributed by atoms with E-state index in [0.717, 1.165) is 5.56 Å². The van der Waals surface area contributed by atoms with Gasteiger partial charge in [-0.1, -0.05) is 11.6 Å². The van der Waals surface area contributed by atoms with Crippen LogP contribution in [0, 0.1) is 5.82 Å². The number of fused-ring (bicyclic) bond motifs is 1. The third-order valence-electron chi connectivity index (χ3n) is 2.49. The Morgan fingerprint density at radius 1 is 1.06 bits per heavy atom. The Balaban J connectivity index is 2.24. The van der Waals surface area contributed by atoms with Crippen molar-refractivity contribution in [3.63, 3.8) is 0 Å². The summed E-state index contributed by atoms with van der Waals surface area (Å²) in [5, 5.41) is 8.60. The number of hydrogen-bond acceptors (Lipinski definition) is 2. The molecule has 84 valence electrons. The first-order valence-electron chi connectivity index (χ1n) is 5.01. The summed E-state index contributed by atoms with van der Waals surface area (Å²) >= 11 is 6.00. The van der Waals surface area contributed by atoms with Gasteiger partial charge < -0.3 is 0 Å². The van der Waals surface area contributed by atoms with E-state index in [4.69, 9.17) is 11.6 Å². The van der Waals surface area contributed by atoms with E-state index in [0.29, 0.717) is 16.5 Å². The monoisotopic (exact) mass is 247 g/mol. The minimum Gasteiger partial charge on any atom is -0.281 e. The Morgan fingerprint density at radius 3 is 2.59 bits per heavy atom. The molecule has 0 aliphatic carbocycles. The third kappa shape index (κ3) is 1.66. The van der Waals surface area contributed by atoms with Gasteiger partial charge in [0.05, 0.1) is 5.02 Å². The number of pyridine rings is 1. The summed E-state index contributed by atoms with van der Waals surface area (Å²) in [6.07, 6.45) is 1.82. The Morgan fingerprint density at radius 2 is 1.82 bits per heavy atom. The Kier molecular flexibility index (Phi) is 2.30. The molecule has 0 N–H and O–H groups in total. The molecule has 0 aliphatic rings. The molecule has 0 atom stereocenters. The van der Waals surface area contributed by atoms with Gasteiger partial charge in [-0.25, -0.2) is 4.39 Å². The second kappa shape index (κ2) is 3.82. The molecule has 2 heterocycles. The minimum atomic E-state index is -0.277. The first-order valence-corrected chi connectivity index (χ1v) is 5.39. The van der Waals surface area contributed by atoms with Crippen LogP contribution < -0.4 is 0 Å². The van der Waals surface area contributed by atoms with Gasteiger partial charge in [0.1, 0.15) is 5.82 Å². The first kappa shape index (κ1) is 10.2. The lowest BCUT2D eigenvalue weighted by Crippen LogP contribution is -1.89. The summed E-state index contributed by atoms with van der Waals surface area (Å²) in [5.41, 5.74) is 1.38. The van der Waals surface area contributed by atoms with Gasteiger partial charge in [-0.2, -0.15) is 0 Å². The van der Waals surface area contributed by atoms with E-state index in [1.165, 1.54) is 12.1 Å². The molecule has 0 amide bonds. The third-order valence-corrected chi connectivity index (χ3v) is 2.78. The summed E-state index contributed by atoms with van der Waals surface area (Å²) in [6.45, 7) is 0. The molecule has 0 saturated carbocycles. The number of benzene rings is 1. The fraction of sp³-hybridized carbons (Fsp3) is 0. The van der Waals surface area contributed by atoms with E-state index in [9.17, 15) is 4.39 Å². The predicted molar refractivity (Wildman–Crippen MR) is 63.4 cm³/mol. The van der Waals surface area contributed by atoms with Gasteiger partial charge in [0.15, 0.2) is 11.5 Å². The Hall–Kier alpha value is -1.94. The average molecular weight is 248 g/mol. The SMILES string of the molecule is Fc1ccc(-c2nnc3c(Cl)cccn23)cc1. The molecule has 3 nitrogen and oxygen atoms in total. The largest absolute Gasteiger partial charge is 0.281 e. The van der Waals surface area contributed by atoms with E-state index in [2.05, 4.69) is 10.2 Å². The van der Waals surface area contributed by atoms with Crippen molar-refractivity contribution in [1.82, 2.24) is 14.6 Å². The van der Waals surface area contributed by atoms with Crippen molar-refractivity contribution in [1.29, 1.82) is 0 Å². The predicted octanol–water partition coefficient (Wildman–Crippen LogP) is 3.19. The summed E-state index contributed by atoms with van der Waals surface area (Å²) in [4.78, 5) is 0. The molecule has 5 heteroatoms.